The number of esters is 3. The van der Waals surface area contributed by atoms with Crippen LogP contribution in [-0.2, 0) is 38.1 Å². The molecule has 0 aromatic carbocycles. The van der Waals surface area contributed by atoms with E-state index in [9.17, 15) is 24.0 Å². The number of carbonyl (C=O) groups excluding carboxylic acids is 5. The molecule has 0 rings (SSSR count). The van der Waals surface area contributed by atoms with Crippen molar-refractivity contribution in [3.05, 3.63) is 0 Å². The molecule has 0 radical (unpaired) electrons. The van der Waals surface area contributed by atoms with Gasteiger partial charge in [0.1, 0.15) is 6.04 Å². The quantitative estimate of drug-likeness (QED) is 0.334. The fourth-order valence-electron chi connectivity index (χ4n) is 1.53. The van der Waals surface area contributed by atoms with Gasteiger partial charge in [-0.05, 0) is 32.5 Å². The van der Waals surface area contributed by atoms with Crippen LogP contribution < -0.4 is 5.32 Å². The van der Waals surface area contributed by atoms with Crippen LogP contribution in [0.2, 0.25) is 0 Å². The molecule has 1 amide bonds. The smallest absolute Gasteiger partial charge is 0.410 e. The van der Waals surface area contributed by atoms with E-state index in [0.29, 0.717) is 11.8 Å². The number of alkyl carbamates (subject to hydrolysis) is 1. The zero-order valence-electron chi connectivity index (χ0n) is 15.7. The van der Waals surface area contributed by atoms with E-state index < -0.39 is 53.7 Å². The first kappa shape index (κ1) is 24.5. The molecule has 0 aromatic heterocycles. The molecule has 12 heteroatoms. The van der Waals surface area contributed by atoms with Gasteiger partial charge in [-0.3, -0.25) is 9.59 Å². The van der Waals surface area contributed by atoms with Gasteiger partial charge < -0.3 is 29.0 Å². The summed E-state index contributed by atoms with van der Waals surface area (Å²) in [4.78, 5) is 57.2. The molecular weight excluding hydrogens is 386 g/mol. The fourth-order valence-corrected chi connectivity index (χ4v) is 2.34. The van der Waals surface area contributed by atoms with E-state index in [1.807, 2.05) is 0 Å². The molecule has 0 aromatic rings. The summed E-state index contributed by atoms with van der Waals surface area (Å²) in [7, 11) is 0. The van der Waals surface area contributed by atoms with Gasteiger partial charge in [0.25, 0.3) is 0 Å². The van der Waals surface area contributed by atoms with Crippen LogP contribution in [0.15, 0.2) is 0 Å². The SMILES string of the molecule is CCOC(=O)[C@H](NC(=O)OCOC(C)=O)C(C)(C)SC(=O)OCOC(C)=O. The number of ether oxygens (including phenoxy) is 5. The van der Waals surface area contributed by atoms with Crippen LogP contribution in [0.3, 0.4) is 0 Å². The molecule has 0 aliphatic heterocycles. The minimum atomic E-state index is -1.30. The van der Waals surface area contributed by atoms with Crippen LogP contribution in [0.25, 0.3) is 0 Å². The van der Waals surface area contributed by atoms with Crippen molar-refractivity contribution >= 4 is 41.1 Å². The summed E-state index contributed by atoms with van der Waals surface area (Å²) in [5.41, 5.74) is 0. The molecule has 0 fully saturated rings. The lowest BCUT2D eigenvalue weighted by atomic mass is 10.0. The number of rotatable bonds is 9. The molecule has 1 atom stereocenters. The van der Waals surface area contributed by atoms with Crippen molar-refractivity contribution in [2.45, 2.75) is 45.4 Å². The molecule has 0 heterocycles. The molecule has 0 saturated heterocycles. The summed E-state index contributed by atoms with van der Waals surface area (Å²) >= 11 is 0.578. The zero-order chi connectivity index (χ0) is 21.0. The van der Waals surface area contributed by atoms with Crippen LogP contribution in [0, 0.1) is 0 Å². The van der Waals surface area contributed by atoms with Crippen molar-refractivity contribution in [2.75, 3.05) is 20.2 Å². The van der Waals surface area contributed by atoms with Gasteiger partial charge in [-0.2, -0.15) is 0 Å². The average molecular weight is 409 g/mol. The van der Waals surface area contributed by atoms with E-state index in [-0.39, 0.29) is 6.61 Å². The van der Waals surface area contributed by atoms with Gasteiger partial charge in [0.15, 0.2) is 0 Å². The standard InChI is InChI=1S/C15H23NO10S/c1-6-22-12(19)11(16-13(20)25-7-23-9(2)17)15(4,5)27-14(21)26-8-24-10(3)18/h11H,6-8H2,1-5H3,(H,16,20)/t11-/m0/s1. The Balaban J connectivity index is 4.94. The Bertz CT molecular complexity index is 563. The predicted octanol–water partition coefficient (Wildman–Crippen LogP) is 1.33. The van der Waals surface area contributed by atoms with Gasteiger partial charge in [0.2, 0.25) is 13.6 Å². The molecule has 0 aliphatic rings. The first-order valence-corrected chi connectivity index (χ1v) is 8.53. The Kier molecular flexibility index (Phi) is 10.9. The molecular formula is C15H23NO10S. The molecule has 0 spiro atoms. The minimum absolute atomic E-state index is 0.0388. The maximum absolute atomic E-state index is 12.2. The van der Waals surface area contributed by atoms with Crippen molar-refractivity contribution in [2.24, 2.45) is 0 Å². The number of carbonyl (C=O) groups is 5. The predicted molar refractivity (Wildman–Crippen MR) is 91.5 cm³/mol. The lowest BCUT2D eigenvalue weighted by molar-refractivity contribution is -0.150. The summed E-state index contributed by atoms with van der Waals surface area (Å²) in [6, 6.07) is -1.30. The summed E-state index contributed by atoms with van der Waals surface area (Å²) < 4.78 is 21.9. The molecule has 27 heavy (non-hydrogen) atoms. The molecule has 11 nitrogen and oxygen atoms in total. The van der Waals surface area contributed by atoms with Gasteiger partial charge in [0.05, 0.1) is 11.4 Å². The van der Waals surface area contributed by atoms with E-state index in [1.165, 1.54) is 13.8 Å². The van der Waals surface area contributed by atoms with Crippen molar-refractivity contribution in [1.29, 1.82) is 0 Å². The third-order valence-corrected chi connectivity index (χ3v) is 3.76. The third-order valence-electron chi connectivity index (χ3n) is 2.72. The summed E-state index contributed by atoms with van der Waals surface area (Å²) in [5, 5.41) is 1.41. The Labute approximate surface area is 160 Å². The van der Waals surface area contributed by atoms with Gasteiger partial charge >= 0.3 is 29.3 Å². The highest BCUT2D eigenvalue weighted by molar-refractivity contribution is 8.14. The van der Waals surface area contributed by atoms with E-state index >= 15 is 0 Å². The molecule has 1 N–H and O–H groups in total. The first-order chi connectivity index (χ1) is 12.5. The molecule has 0 aliphatic carbocycles. The van der Waals surface area contributed by atoms with Crippen molar-refractivity contribution in [3.63, 3.8) is 0 Å². The summed E-state index contributed by atoms with van der Waals surface area (Å²) in [6.07, 6.45) is -1.06. The van der Waals surface area contributed by atoms with Gasteiger partial charge in [-0.15, -0.1) is 0 Å². The summed E-state index contributed by atoms with van der Waals surface area (Å²) in [6.45, 7) is 5.63. The van der Waals surface area contributed by atoms with Crippen molar-refractivity contribution in [1.82, 2.24) is 5.32 Å². The van der Waals surface area contributed by atoms with E-state index in [1.54, 1.807) is 6.92 Å². The largest absolute Gasteiger partial charge is 0.464 e. The first-order valence-electron chi connectivity index (χ1n) is 7.72. The number of hydrogen-bond acceptors (Lipinski definition) is 11. The third kappa shape index (κ3) is 10.9. The van der Waals surface area contributed by atoms with Crippen LogP contribution >= 0.6 is 11.8 Å². The normalized spacial score (nSPS) is 11.6. The maximum Gasteiger partial charge on any atom is 0.410 e. The fraction of sp³-hybridized carbons (Fsp3) is 0.667. The molecule has 0 saturated carbocycles. The van der Waals surface area contributed by atoms with E-state index in [0.717, 1.165) is 13.8 Å². The van der Waals surface area contributed by atoms with E-state index in [4.69, 9.17) is 9.47 Å². The summed E-state index contributed by atoms with van der Waals surface area (Å²) in [5.74, 6) is -2.10. The Morgan fingerprint density at radius 1 is 0.889 bits per heavy atom. The lowest BCUT2D eigenvalue weighted by Gasteiger charge is -2.31. The van der Waals surface area contributed by atoms with Crippen LogP contribution in [0.5, 0.6) is 0 Å². The topological polar surface area (TPSA) is 144 Å². The second-order valence-corrected chi connectivity index (χ2v) is 6.96. The molecule has 0 bridgehead atoms. The monoisotopic (exact) mass is 409 g/mol. The number of thioether (sulfide) groups is 1. The number of amides is 1. The van der Waals surface area contributed by atoms with Gasteiger partial charge in [-0.1, -0.05) is 0 Å². The minimum Gasteiger partial charge on any atom is -0.464 e. The zero-order valence-corrected chi connectivity index (χ0v) is 16.5. The van der Waals surface area contributed by atoms with Gasteiger partial charge in [-0.25, -0.2) is 14.4 Å². The van der Waals surface area contributed by atoms with Crippen LogP contribution in [-0.4, -0.2) is 60.3 Å². The Morgan fingerprint density at radius 2 is 1.41 bits per heavy atom. The molecule has 154 valence electrons. The number of nitrogens with one attached hydrogen (secondary N) is 1. The van der Waals surface area contributed by atoms with Crippen LogP contribution in [0.1, 0.15) is 34.6 Å². The maximum atomic E-state index is 12.2. The van der Waals surface area contributed by atoms with Crippen molar-refractivity contribution < 1.29 is 47.7 Å². The lowest BCUT2D eigenvalue weighted by Crippen LogP contribution is -2.53. The Hall–Kier alpha value is -2.50. The van der Waals surface area contributed by atoms with Crippen molar-refractivity contribution in [3.8, 4) is 0 Å². The van der Waals surface area contributed by atoms with Gasteiger partial charge in [0, 0.05) is 13.8 Å². The highest BCUT2D eigenvalue weighted by Gasteiger charge is 2.41. The molecule has 0 unspecified atom stereocenters. The second-order valence-electron chi connectivity index (χ2n) is 5.37. The second kappa shape index (κ2) is 12.0. The average Bonchev–Trinajstić information content (AvgIpc) is 2.51. The Morgan fingerprint density at radius 3 is 1.89 bits per heavy atom. The number of hydrogen-bond donors (Lipinski definition) is 1. The van der Waals surface area contributed by atoms with E-state index in [2.05, 4.69) is 19.5 Å². The highest BCUT2D eigenvalue weighted by Crippen LogP contribution is 2.30. The highest BCUT2D eigenvalue weighted by atomic mass is 32.2. The van der Waals surface area contributed by atoms with Crippen LogP contribution in [0.4, 0.5) is 9.59 Å².